The van der Waals surface area contributed by atoms with Crippen molar-refractivity contribution in [2.24, 2.45) is 0 Å². The molecule has 1 N–H and O–H groups in total. The van der Waals surface area contributed by atoms with Crippen LogP contribution in [0.2, 0.25) is 0 Å². The van der Waals surface area contributed by atoms with Gasteiger partial charge in [-0.1, -0.05) is 0 Å². The average Bonchev–Trinajstić information content (AvgIpc) is 2.98. The number of nitrogens with zero attached hydrogens (tertiary/aromatic N) is 6. The maximum Gasteiger partial charge on any atom is 0.407 e. The van der Waals surface area contributed by atoms with Gasteiger partial charge in [-0.2, -0.15) is 5.26 Å². The second-order valence-corrected chi connectivity index (χ2v) is 7.18. The molecule has 4 heterocycles. The number of rotatable bonds is 2. The van der Waals surface area contributed by atoms with E-state index >= 15 is 0 Å². The number of piperazine rings is 1. The molecule has 1 aromatic heterocycles. The SMILES string of the molecule is C[C@@H]1CN(C(=O)O)CCN1c1cc(N2CC3CCC(C2)O3)nnc1C#N. The van der Waals surface area contributed by atoms with E-state index in [1.54, 1.807) is 0 Å². The van der Waals surface area contributed by atoms with Gasteiger partial charge < -0.3 is 24.5 Å². The highest BCUT2D eigenvalue weighted by atomic mass is 16.5. The summed E-state index contributed by atoms with van der Waals surface area (Å²) in [5.41, 5.74) is 1.01. The molecule has 0 radical (unpaired) electrons. The molecule has 3 aliphatic rings. The molecule has 0 spiro atoms. The monoisotopic (exact) mass is 358 g/mol. The van der Waals surface area contributed by atoms with E-state index in [-0.39, 0.29) is 23.9 Å². The van der Waals surface area contributed by atoms with E-state index in [4.69, 9.17) is 4.74 Å². The normalized spacial score (nSPS) is 28.2. The Morgan fingerprint density at radius 1 is 1.27 bits per heavy atom. The second-order valence-electron chi connectivity index (χ2n) is 7.18. The summed E-state index contributed by atoms with van der Waals surface area (Å²) in [6.07, 6.45) is 1.73. The summed E-state index contributed by atoms with van der Waals surface area (Å²) in [6, 6.07) is 4.00. The fourth-order valence-corrected chi connectivity index (χ4v) is 4.12. The molecule has 2 bridgehead atoms. The Kier molecular flexibility index (Phi) is 4.28. The predicted octanol–water partition coefficient (Wildman–Crippen LogP) is 0.904. The number of fused-ring (bicyclic) bond motifs is 2. The van der Waals surface area contributed by atoms with E-state index in [0.29, 0.717) is 19.6 Å². The van der Waals surface area contributed by atoms with Gasteiger partial charge in [0.25, 0.3) is 0 Å². The fraction of sp³-hybridized carbons (Fsp3) is 0.647. The highest BCUT2D eigenvalue weighted by molar-refractivity contribution is 5.67. The summed E-state index contributed by atoms with van der Waals surface area (Å²) in [4.78, 5) is 16.9. The van der Waals surface area contributed by atoms with Crippen LogP contribution in [0.25, 0.3) is 0 Å². The number of hydrogen-bond acceptors (Lipinski definition) is 7. The number of hydrogen-bond donors (Lipinski definition) is 1. The van der Waals surface area contributed by atoms with Crippen molar-refractivity contribution in [1.29, 1.82) is 5.26 Å². The highest BCUT2D eigenvalue weighted by Gasteiger charge is 2.35. The minimum absolute atomic E-state index is 0.0372. The quantitative estimate of drug-likeness (QED) is 0.831. The first-order valence-electron chi connectivity index (χ1n) is 8.98. The first-order chi connectivity index (χ1) is 12.5. The maximum absolute atomic E-state index is 11.2. The summed E-state index contributed by atoms with van der Waals surface area (Å²) in [7, 11) is 0. The molecular weight excluding hydrogens is 336 g/mol. The van der Waals surface area contributed by atoms with Crippen molar-refractivity contribution >= 4 is 17.6 Å². The molecule has 3 saturated heterocycles. The predicted molar refractivity (Wildman–Crippen MR) is 93.3 cm³/mol. The standard InChI is InChI=1S/C17H22N6O3/c1-11-8-21(17(24)25)4-5-23(11)15-6-16(20-19-14(15)7-18)22-9-12-2-3-13(10-22)26-12/h6,11-13H,2-5,8-10H2,1H3,(H,24,25)/t11-,12?,13?/m1/s1. The van der Waals surface area contributed by atoms with Crippen LogP contribution in [0.5, 0.6) is 0 Å². The van der Waals surface area contributed by atoms with Crippen LogP contribution in [0.15, 0.2) is 6.07 Å². The zero-order valence-electron chi connectivity index (χ0n) is 14.7. The lowest BCUT2D eigenvalue weighted by molar-refractivity contribution is 0.0302. The molecule has 3 aliphatic heterocycles. The van der Waals surface area contributed by atoms with Gasteiger partial charge in [-0.15, -0.1) is 10.2 Å². The molecule has 0 aromatic carbocycles. The number of amides is 1. The third-order valence-electron chi connectivity index (χ3n) is 5.44. The molecular formula is C17H22N6O3. The van der Waals surface area contributed by atoms with Crippen molar-refractivity contribution in [2.45, 2.75) is 38.0 Å². The van der Waals surface area contributed by atoms with E-state index < -0.39 is 6.09 Å². The van der Waals surface area contributed by atoms with Crippen LogP contribution in [0.4, 0.5) is 16.3 Å². The summed E-state index contributed by atoms with van der Waals surface area (Å²) >= 11 is 0. The number of ether oxygens (including phenoxy) is 1. The van der Waals surface area contributed by atoms with Crippen molar-refractivity contribution < 1.29 is 14.6 Å². The third kappa shape index (κ3) is 3.01. The lowest BCUT2D eigenvalue weighted by atomic mass is 10.1. The topological polar surface area (TPSA) is 106 Å². The van der Waals surface area contributed by atoms with Crippen LogP contribution in [-0.2, 0) is 4.74 Å². The number of anilines is 2. The Hall–Kier alpha value is -2.60. The third-order valence-corrected chi connectivity index (χ3v) is 5.44. The molecule has 26 heavy (non-hydrogen) atoms. The Bertz CT molecular complexity index is 739. The van der Waals surface area contributed by atoms with Gasteiger partial charge in [-0.3, -0.25) is 0 Å². The number of nitriles is 1. The van der Waals surface area contributed by atoms with Crippen molar-refractivity contribution in [2.75, 3.05) is 42.5 Å². The van der Waals surface area contributed by atoms with Gasteiger partial charge in [0, 0.05) is 44.8 Å². The lowest BCUT2D eigenvalue weighted by Gasteiger charge is -2.40. The molecule has 1 aromatic rings. The first-order valence-corrected chi connectivity index (χ1v) is 8.98. The highest BCUT2D eigenvalue weighted by Crippen LogP contribution is 2.31. The largest absolute Gasteiger partial charge is 0.465 e. The van der Waals surface area contributed by atoms with Gasteiger partial charge in [-0.05, 0) is 19.8 Å². The summed E-state index contributed by atoms with van der Waals surface area (Å²) in [5.74, 6) is 0.757. The molecule has 0 aliphatic carbocycles. The van der Waals surface area contributed by atoms with Crippen LogP contribution >= 0.6 is 0 Å². The van der Waals surface area contributed by atoms with Crippen molar-refractivity contribution in [1.82, 2.24) is 15.1 Å². The zero-order chi connectivity index (χ0) is 18.3. The zero-order valence-corrected chi connectivity index (χ0v) is 14.7. The van der Waals surface area contributed by atoms with Gasteiger partial charge in [0.05, 0.1) is 17.9 Å². The molecule has 3 fully saturated rings. The Morgan fingerprint density at radius 2 is 2.00 bits per heavy atom. The number of carbonyl (C=O) groups is 1. The molecule has 138 valence electrons. The first kappa shape index (κ1) is 16.8. The smallest absolute Gasteiger partial charge is 0.407 e. The van der Waals surface area contributed by atoms with Gasteiger partial charge >= 0.3 is 6.09 Å². The minimum atomic E-state index is -0.908. The van der Waals surface area contributed by atoms with Crippen LogP contribution < -0.4 is 9.80 Å². The molecule has 3 atom stereocenters. The lowest BCUT2D eigenvalue weighted by Crippen LogP contribution is -2.53. The van der Waals surface area contributed by atoms with E-state index in [2.05, 4.69) is 26.1 Å². The van der Waals surface area contributed by atoms with Crippen LogP contribution in [0.1, 0.15) is 25.5 Å². The number of aromatic nitrogens is 2. The van der Waals surface area contributed by atoms with Crippen molar-refractivity contribution in [3.8, 4) is 6.07 Å². The molecule has 1 amide bonds. The van der Waals surface area contributed by atoms with Crippen molar-refractivity contribution in [3.63, 3.8) is 0 Å². The summed E-state index contributed by atoms with van der Waals surface area (Å²) in [6.45, 7) is 4.88. The molecule has 4 rings (SSSR count). The van der Waals surface area contributed by atoms with Gasteiger partial charge in [0.1, 0.15) is 6.07 Å². The second kappa shape index (κ2) is 6.61. The molecule has 2 unspecified atom stereocenters. The Labute approximate surface area is 151 Å². The molecule has 0 saturated carbocycles. The van der Waals surface area contributed by atoms with E-state index in [1.807, 2.05) is 13.0 Å². The average molecular weight is 358 g/mol. The van der Waals surface area contributed by atoms with Crippen LogP contribution in [-0.4, -0.2) is 77.3 Å². The minimum Gasteiger partial charge on any atom is -0.465 e. The van der Waals surface area contributed by atoms with Gasteiger partial charge in [-0.25, -0.2) is 4.79 Å². The van der Waals surface area contributed by atoms with E-state index in [1.165, 1.54) is 4.90 Å². The number of morpholine rings is 1. The van der Waals surface area contributed by atoms with E-state index in [9.17, 15) is 15.2 Å². The Balaban J connectivity index is 1.59. The molecule has 9 nitrogen and oxygen atoms in total. The summed E-state index contributed by atoms with van der Waals surface area (Å²) < 4.78 is 5.88. The van der Waals surface area contributed by atoms with Gasteiger partial charge in [0.2, 0.25) is 0 Å². The fourth-order valence-electron chi connectivity index (χ4n) is 4.12. The molecule has 9 heteroatoms. The van der Waals surface area contributed by atoms with Gasteiger partial charge in [0.15, 0.2) is 11.5 Å². The number of carboxylic acid groups (broad SMARTS) is 1. The van der Waals surface area contributed by atoms with Crippen LogP contribution in [0.3, 0.4) is 0 Å². The maximum atomic E-state index is 11.2. The Morgan fingerprint density at radius 3 is 2.62 bits per heavy atom. The van der Waals surface area contributed by atoms with Crippen LogP contribution in [0, 0.1) is 11.3 Å². The van der Waals surface area contributed by atoms with Crippen molar-refractivity contribution in [3.05, 3.63) is 11.8 Å². The van der Waals surface area contributed by atoms with E-state index in [0.717, 1.165) is 37.4 Å². The summed E-state index contributed by atoms with van der Waals surface area (Å²) in [5, 5.41) is 27.1.